The van der Waals surface area contributed by atoms with Crippen LogP contribution in [0.1, 0.15) is 32.1 Å². The van der Waals surface area contributed by atoms with Crippen molar-refractivity contribution in [3.05, 3.63) is 52.9 Å². The smallest absolute Gasteiger partial charge is 0.267 e. The van der Waals surface area contributed by atoms with E-state index in [2.05, 4.69) is 15.2 Å². The number of ether oxygens (including phenoxy) is 3. The number of carbonyl (C=O) groups is 1. The first kappa shape index (κ1) is 25.8. The molecule has 41 heavy (non-hydrogen) atoms. The number of aromatic nitrogens is 2. The lowest BCUT2D eigenvalue weighted by Gasteiger charge is -2.44. The third-order valence-electron chi connectivity index (χ3n) is 9.03. The maximum atomic E-state index is 14.0. The number of rotatable bonds is 7. The Labute approximate surface area is 237 Å². The summed E-state index contributed by atoms with van der Waals surface area (Å²) in [5.74, 6) is 1.74. The minimum absolute atomic E-state index is 0.0819. The molecule has 2 atom stereocenters. The summed E-state index contributed by atoms with van der Waals surface area (Å²) >= 11 is 0. The molecule has 2 saturated heterocycles. The van der Waals surface area contributed by atoms with E-state index in [1.54, 1.807) is 23.8 Å². The predicted molar refractivity (Wildman–Crippen MR) is 159 cm³/mol. The Balaban J connectivity index is 1.19. The van der Waals surface area contributed by atoms with Gasteiger partial charge in [0.15, 0.2) is 18.1 Å². The Kier molecular flexibility index (Phi) is 6.54. The van der Waals surface area contributed by atoms with Gasteiger partial charge in [-0.2, -0.15) is 0 Å². The van der Waals surface area contributed by atoms with Gasteiger partial charge in [0.1, 0.15) is 5.75 Å². The van der Waals surface area contributed by atoms with Crippen molar-refractivity contribution in [3.63, 3.8) is 0 Å². The second kappa shape index (κ2) is 10.4. The second-order valence-corrected chi connectivity index (χ2v) is 11.2. The number of amides is 1. The number of fused-ring (bicyclic) bond motifs is 6. The Bertz CT molecular complexity index is 1830. The molecule has 7 rings (SSSR count). The maximum absolute atomic E-state index is 14.0. The van der Waals surface area contributed by atoms with E-state index in [0.29, 0.717) is 57.6 Å². The molecule has 9 nitrogen and oxygen atoms in total. The van der Waals surface area contributed by atoms with E-state index < -0.39 is 0 Å². The Morgan fingerprint density at radius 1 is 1.00 bits per heavy atom. The minimum atomic E-state index is -0.226. The van der Waals surface area contributed by atoms with Crippen molar-refractivity contribution in [2.24, 2.45) is 5.92 Å². The molecule has 1 amide bonds. The third-order valence-corrected chi connectivity index (χ3v) is 9.03. The molecule has 0 radical (unpaired) electrons. The van der Waals surface area contributed by atoms with Crippen LogP contribution in [0.3, 0.4) is 0 Å². The van der Waals surface area contributed by atoms with Gasteiger partial charge in [-0.3, -0.25) is 19.0 Å². The number of piperidine rings is 2. The lowest BCUT2D eigenvalue weighted by molar-refractivity contribution is -0.123. The lowest BCUT2D eigenvalue weighted by atomic mass is 9.83. The molecule has 0 unspecified atom stereocenters. The van der Waals surface area contributed by atoms with Crippen LogP contribution in [0.2, 0.25) is 0 Å². The Hall–Kier alpha value is -4.11. The fourth-order valence-corrected chi connectivity index (χ4v) is 7.15. The van der Waals surface area contributed by atoms with Crippen LogP contribution in [-0.2, 0) is 4.79 Å². The summed E-state index contributed by atoms with van der Waals surface area (Å²) in [6.45, 7) is 2.97. The molecule has 212 valence electrons. The van der Waals surface area contributed by atoms with Gasteiger partial charge < -0.3 is 24.4 Å². The highest BCUT2D eigenvalue weighted by Gasteiger charge is 2.33. The van der Waals surface area contributed by atoms with Gasteiger partial charge in [-0.05, 0) is 75.0 Å². The number of hydrogen-bond acceptors (Lipinski definition) is 7. The van der Waals surface area contributed by atoms with Gasteiger partial charge >= 0.3 is 0 Å². The summed E-state index contributed by atoms with van der Waals surface area (Å²) in [6.07, 6.45) is 7.90. The van der Waals surface area contributed by atoms with Crippen LogP contribution in [0.25, 0.3) is 38.1 Å². The highest BCUT2D eigenvalue weighted by Crippen LogP contribution is 2.39. The highest BCUT2D eigenvalue weighted by atomic mass is 16.5. The second-order valence-electron chi connectivity index (χ2n) is 11.2. The SMILES string of the molecule is COc1ccc2c(c1OC)c(=O)n1c3cc(OCC(=O)NC[C@@H]4CCCN5CCCC[C@H]45)ccc3c3ccnc2c31. The van der Waals surface area contributed by atoms with Crippen molar-refractivity contribution < 1.29 is 19.0 Å². The monoisotopic (exact) mass is 554 g/mol. The average Bonchev–Trinajstić information content (AvgIpc) is 3.35. The summed E-state index contributed by atoms with van der Waals surface area (Å²) in [5, 5.41) is 6.05. The summed E-state index contributed by atoms with van der Waals surface area (Å²) < 4.78 is 18.7. The van der Waals surface area contributed by atoms with Crippen LogP contribution in [-0.4, -0.2) is 66.7 Å². The number of nitrogens with zero attached hydrogens (tertiary/aromatic N) is 3. The highest BCUT2D eigenvalue weighted by molar-refractivity contribution is 6.19. The van der Waals surface area contributed by atoms with Crippen molar-refractivity contribution >= 4 is 44.0 Å². The van der Waals surface area contributed by atoms with Gasteiger partial charge in [0.05, 0.1) is 36.2 Å². The van der Waals surface area contributed by atoms with Crippen molar-refractivity contribution in [1.29, 1.82) is 0 Å². The third kappa shape index (κ3) is 4.22. The standard InChI is InChI=1S/C32H34N4O5/c1-39-26-11-10-23-28(31(26)40-2)32(38)36-25-16-20(8-9-21(25)22-12-13-33-29(23)30(22)36)41-18-27(37)34-17-19-6-5-15-35-14-4-3-7-24(19)35/h8-13,16,19,24H,3-7,14-15,17-18H2,1-2H3,(H,34,37)/t19-,24+/m0/s1. The van der Waals surface area contributed by atoms with Crippen LogP contribution in [0.4, 0.5) is 0 Å². The zero-order chi connectivity index (χ0) is 28.1. The van der Waals surface area contributed by atoms with Gasteiger partial charge in [-0.1, -0.05) is 6.42 Å². The molecule has 0 aliphatic carbocycles. The van der Waals surface area contributed by atoms with E-state index in [9.17, 15) is 9.59 Å². The van der Waals surface area contributed by atoms with Crippen molar-refractivity contribution in [2.45, 2.75) is 38.1 Å². The van der Waals surface area contributed by atoms with E-state index in [4.69, 9.17) is 14.2 Å². The normalized spacial score (nSPS) is 19.6. The topological polar surface area (TPSA) is 94.4 Å². The summed E-state index contributed by atoms with van der Waals surface area (Å²) in [7, 11) is 3.08. The zero-order valence-corrected chi connectivity index (χ0v) is 23.4. The molecule has 3 aromatic heterocycles. The maximum Gasteiger partial charge on any atom is 0.267 e. The van der Waals surface area contributed by atoms with E-state index in [-0.39, 0.29) is 18.1 Å². The number of carbonyl (C=O) groups excluding carboxylic acids is 1. The molecule has 1 N–H and O–H groups in total. The number of methoxy groups -OCH3 is 2. The molecule has 0 bridgehead atoms. The number of benzene rings is 2. The summed E-state index contributed by atoms with van der Waals surface area (Å²) in [6, 6.07) is 11.8. The summed E-state index contributed by atoms with van der Waals surface area (Å²) in [4.78, 5) is 34.1. The molecule has 2 fully saturated rings. The quantitative estimate of drug-likeness (QED) is 0.299. The Morgan fingerprint density at radius 3 is 2.71 bits per heavy atom. The molecule has 2 aromatic carbocycles. The molecular formula is C32H34N4O5. The largest absolute Gasteiger partial charge is 0.493 e. The first-order valence-electron chi connectivity index (χ1n) is 14.5. The van der Waals surface area contributed by atoms with Gasteiger partial charge in [-0.15, -0.1) is 0 Å². The van der Waals surface area contributed by atoms with Gasteiger partial charge in [-0.25, -0.2) is 0 Å². The predicted octanol–water partition coefficient (Wildman–Crippen LogP) is 4.37. The van der Waals surface area contributed by atoms with Crippen molar-refractivity contribution in [3.8, 4) is 17.2 Å². The van der Waals surface area contributed by atoms with E-state index in [0.717, 1.165) is 22.7 Å². The van der Waals surface area contributed by atoms with Crippen LogP contribution >= 0.6 is 0 Å². The molecule has 2 aliphatic rings. The van der Waals surface area contributed by atoms with Gasteiger partial charge in [0, 0.05) is 41.0 Å². The van der Waals surface area contributed by atoms with Gasteiger partial charge in [0.25, 0.3) is 11.5 Å². The molecule has 2 aliphatic heterocycles. The summed E-state index contributed by atoms with van der Waals surface area (Å²) in [5.41, 5.74) is 1.91. The first-order chi connectivity index (χ1) is 20.1. The molecule has 5 heterocycles. The van der Waals surface area contributed by atoms with Crippen LogP contribution in [0.15, 0.2) is 47.4 Å². The minimum Gasteiger partial charge on any atom is -0.493 e. The van der Waals surface area contributed by atoms with Crippen LogP contribution < -0.4 is 25.1 Å². The molecule has 0 spiro atoms. The van der Waals surface area contributed by atoms with E-state index >= 15 is 0 Å². The van der Waals surface area contributed by atoms with Crippen LogP contribution in [0, 0.1) is 5.92 Å². The van der Waals surface area contributed by atoms with Gasteiger partial charge in [0.2, 0.25) is 0 Å². The Morgan fingerprint density at radius 2 is 1.85 bits per heavy atom. The van der Waals surface area contributed by atoms with Crippen LogP contribution in [0.5, 0.6) is 17.2 Å². The average molecular weight is 555 g/mol. The zero-order valence-electron chi connectivity index (χ0n) is 23.4. The fourth-order valence-electron chi connectivity index (χ4n) is 7.15. The molecule has 0 saturated carbocycles. The van der Waals surface area contributed by atoms with E-state index in [1.807, 2.05) is 30.3 Å². The van der Waals surface area contributed by atoms with Crippen molar-refractivity contribution in [2.75, 3.05) is 40.5 Å². The lowest BCUT2D eigenvalue weighted by Crippen LogP contribution is -2.51. The number of hydrogen-bond donors (Lipinski definition) is 1. The molecule has 5 aromatic rings. The van der Waals surface area contributed by atoms with Crippen molar-refractivity contribution in [1.82, 2.24) is 19.6 Å². The van der Waals surface area contributed by atoms with E-state index in [1.165, 1.54) is 45.9 Å². The number of nitrogens with one attached hydrogen (secondary N) is 1. The first-order valence-corrected chi connectivity index (χ1v) is 14.5. The fraction of sp³-hybridized carbons (Fsp3) is 0.406. The molecule has 9 heteroatoms. The molecular weight excluding hydrogens is 520 g/mol. The number of pyridine rings is 2.